The van der Waals surface area contributed by atoms with Gasteiger partial charge in [-0.25, -0.2) is 9.18 Å². The largest absolute Gasteiger partial charge is 0.423 e. The minimum Gasteiger partial charge on any atom is -0.423 e. The number of benzene rings is 3. The molecule has 0 aliphatic rings. The average molecular weight is 341 g/mol. The van der Waals surface area contributed by atoms with E-state index in [1.165, 1.54) is 18.2 Å². The molecule has 0 aliphatic carbocycles. The fraction of sp³-hybridized carbons (Fsp3) is 0.0500. The highest BCUT2D eigenvalue weighted by molar-refractivity contribution is 6.30. The number of carbonyl (C=O) groups excluding carboxylic acids is 1. The topological polar surface area (TPSA) is 26.3 Å². The molecule has 4 heteroatoms. The van der Waals surface area contributed by atoms with Gasteiger partial charge < -0.3 is 4.74 Å². The summed E-state index contributed by atoms with van der Waals surface area (Å²) in [4.78, 5) is 12.2. The van der Waals surface area contributed by atoms with E-state index in [2.05, 4.69) is 0 Å². The monoisotopic (exact) mass is 340 g/mol. The van der Waals surface area contributed by atoms with Crippen LogP contribution < -0.4 is 4.74 Å². The molecule has 0 aliphatic heterocycles. The van der Waals surface area contributed by atoms with Crippen LogP contribution in [0.4, 0.5) is 4.39 Å². The Labute approximate surface area is 144 Å². The Morgan fingerprint density at radius 3 is 2.42 bits per heavy atom. The summed E-state index contributed by atoms with van der Waals surface area (Å²) in [5.74, 6) is -0.970. The molecule has 0 fully saturated rings. The van der Waals surface area contributed by atoms with Gasteiger partial charge in [-0.15, -0.1) is 0 Å². The van der Waals surface area contributed by atoms with E-state index in [-0.39, 0.29) is 5.56 Å². The van der Waals surface area contributed by atoms with Crippen molar-refractivity contribution in [3.63, 3.8) is 0 Å². The highest BCUT2D eigenvalue weighted by Gasteiger charge is 2.15. The van der Waals surface area contributed by atoms with Gasteiger partial charge in [0.25, 0.3) is 0 Å². The van der Waals surface area contributed by atoms with Gasteiger partial charge in [0, 0.05) is 17.0 Å². The molecule has 0 N–H and O–H groups in total. The summed E-state index contributed by atoms with van der Waals surface area (Å²) in [7, 11) is 0. The Bertz CT molecular complexity index is 863. The minimum absolute atomic E-state index is 0.0990. The van der Waals surface area contributed by atoms with Crippen molar-refractivity contribution in [2.24, 2.45) is 0 Å². The van der Waals surface area contributed by atoms with Crippen LogP contribution in [0.2, 0.25) is 5.02 Å². The van der Waals surface area contributed by atoms with Gasteiger partial charge in [-0.3, -0.25) is 0 Å². The predicted molar refractivity (Wildman–Crippen MR) is 92.1 cm³/mol. The molecule has 3 aromatic carbocycles. The van der Waals surface area contributed by atoms with Crippen molar-refractivity contribution in [2.45, 2.75) is 6.42 Å². The molecule has 3 aromatic rings. The molecule has 0 bridgehead atoms. The zero-order valence-electron chi connectivity index (χ0n) is 12.7. The van der Waals surface area contributed by atoms with E-state index in [1.54, 1.807) is 24.3 Å². The van der Waals surface area contributed by atoms with E-state index in [1.807, 2.05) is 30.3 Å². The Morgan fingerprint density at radius 1 is 0.958 bits per heavy atom. The van der Waals surface area contributed by atoms with Crippen molar-refractivity contribution < 1.29 is 13.9 Å². The van der Waals surface area contributed by atoms with Gasteiger partial charge in [0.15, 0.2) is 0 Å². The molecule has 0 spiro atoms. The fourth-order valence-electron chi connectivity index (χ4n) is 2.38. The maximum Gasteiger partial charge on any atom is 0.346 e. The van der Waals surface area contributed by atoms with Crippen molar-refractivity contribution in [1.29, 1.82) is 0 Å². The second kappa shape index (κ2) is 7.28. The van der Waals surface area contributed by atoms with Gasteiger partial charge in [-0.05, 0) is 35.9 Å². The number of halogens is 2. The highest BCUT2D eigenvalue weighted by atomic mass is 35.5. The molecule has 0 amide bonds. The van der Waals surface area contributed by atoms with Crippen molar-refractivity contribution in [2.75, 3.05) is 0 Å². The van der Waals surface area contributed by atoms with Gasteiger partial charge in [0.05, 0.1) is 5.56 Å². The number of carbonyl (C=O) groups is 1. The smallest absolute Gasteiger partial charge is 0.346 e. The molecule has 0 heterocycles. The number of ether oxygens (including phenoxy) is 1. The van der Waals surface area contributed by atoms with Crippen LogP contribution in [-0.4, -0.2) is 5.97 Å². The third-order valence-corrected chi connectivity index (χ3v) is 3.79. The normalized spacial score (nSPS) is 10.4. The second-order valence-electron chi connectivity index (χ2n) is 5.28. The molecule has 0 saturated heterocycles. The van der Waals surface area contributed by atoms with Crippen LogP contribution in [0.25, 0.3) is 0 Å². The van der Waals surface area contributed by atoms with Crippen LogP contribution in [-0.2, 0) is 6.42 Å². The van der Waals surface area contributed by atoms with Crippen LogP contribution >= 0.6 is 11.6 Å². The Morgan fingerprint density at radius 2 is 1.67 bits per heavy atom. The SMILES string of the molecule is O=C(Oc1ccc(Cl)cc1Cc1ccccc1)c1ccccc1F. The summed E-state index contributed by atoms with van der Waals surface area (Å²) in [5, 5.41) is 0.548. The summed E-state index contributed by atoms with van der Waals surface area (Å²) < 4.78 is 19.1. The van der Waals surface area contributed by atoms with Gasteiger partial charge in [-0.1, -0.05) is 54.1 Å². The first-order valence-electron chi connectivity index (χ1n) is 7.42. The van der Waals surface area contributed by atoms with Gasteiger partial charge in [0.2, 0.25) is 0 Å². The Kier molecular flexibility index (Phi) is 4.92. The first-order chi connectivity index (χ1) is 11.6. The molecule has 24 heavy (non-hydrogen) atoms. The van der Waals surface area contributed by atoms with E-state index < -0.39 is 11.8 Å². The van der Waals surface area contributed by atoms with Crippen LogP contribution in [0.15, 0.2) is 72.8 Å². The van der Waals surface area contributed by atoms with Crippen molar-refractivity contribution in [1.82, 2.24) is 0 Å². The number of hydrogen-bond acceptors (Lipinski definition) is 2. The standard InChI is InChI=1S/C20H14ClFO2/c21-16-10-11-19(15(13-16)12-14-6-2-1-3-7-14)24-20(23)17-8-4-5-9-18(17)22/h1-11,13H,12H2. The molecule has 3 rings (SSSR count). The van der Waals surface area contributed by atoms with E-state index in [4.69, 9.17) is 16.3 Å². The first kappa shape index (κ1) is 16.2. The molecule has 120 valence electrons. The van der Waals surface area contributed by atoms with Gasteiger partial charge in [-0.2, -0.15) is 0 Å². The number of hydrogen-bond donors (Lipinski definition) is 0. The van der Waals surface area contributed by atoms with Crippen molar-refractivity contribution >= 4 is 17.6 Å². The van der Waals surface area contributed by atoms with Crippen LogP contribution in [0, 0.1) is 5.82 Å². The van der Waals surface area contributed by atoms with Gasteiger partial charge >= 0.3 is 5.97 Å². The van der Waals surface area contributed by atoms with E-state index in [0.29, 0.717) is 17.2 Å². The molecule has 0 unspecified atom stereocenters. The lowest BCUT2D eigenvalue weighted by Crippen LogP contribution is -2.11. The highest BCUT2D eigenvalue weighted by Crippen LogP contribution is 2.26. The summed E-state index contributed by atoms with van der Waals surface area (Å²) in [5.41, 5.74) is 1.72. The summed E-state index contributed by atoms with van der Waals surface area (Å²) >= 11 is 6.06. The summed E-state index contributed by atoms with van der Waals surface area (Å²) in [6.07, 6.45) is 0.557. The van der Waals surface area contributed by atoms with Crippen LogP contribution in [0.1, 0.15) is 21.5 Å². The maximum atomic E-state index is 13.7. The molecule has 0 atom stereocenters. The minimum atomic E-state index is -0.732. The van der Waals surface area contributed by atoms with Crippen molar-refractivity contribution in [3.8, 4) is 5.75 Å². The van der Waals surface area contributed by atoms with Gasteiger partial charge in [0.1, 0.15) is 11.6 Å². The van der Waals surface area contributed by atoms with Crippen LogP contribution in [0.3, 0.4) is 0 Å². The summed E-state index contributed by atoms with van der Waals surface area (Å²) in [6.45, 7) is 0. The zero-order valence-corrected chi connectivity index (χ0v) is 13.5. The maximum absolute atomic E-state index is 13.7. The zero-order chi connectivity index (χ0) is 16.9. The molecular weight excluding hydrogens is 327 g/mol. The second-order valence-corrected chi connectivity index (χ2v) is 5.72. The number of rotatable bonds is 4. The molecule has 0 saturated carbocycles. The lowest BCUT2D eigenvalue weighted by molar-refractivity contribution is 0.0728. The molecule has 0 radical (unpaired) electrons. The summed E-state index contributed by atoms with van der Waals surface area (Å²) in [6, 6.07) is 20.5. The van der Waals surface area contributed by atoms with E-state index in [9.17, 15) is 9.18 Å². The van der Waals surface area contributed by atoms with E-state index >= 15 is 0 Å². The first-order valence-corrected chi connectivity index (χ1v) is 7.80. The van der Waals surface area contributed by atoms with Crippen molar-refractivity contribution in [3.05, 3.63) is 100 Å². The fourth-order valence-corrected chi connectivity index (χ4v) is 2.58. The lowest BCUT2D eigenvalue weighted by atomic mass is 10.0. The lowest BCUT2D eigenvalue weighted by Gasteiger charge is -2.11. The molecule has 0 aromatic heterocycles. The average Bonchev–Trinajstić information content (AvgIpc) is 2.58. The third kappa shape index (κ3) is 3.81. The van der Waals surface area contributed by atoms with E-state index in [0.717, 1.165) is 11.1 Å². The third-order valence-electron chi connectivity index (χ3n) is 3.56. The van der Waals surface area contributed by atoms with Crippen LogP contribution in [0.5, 0.6) is 5.75 Å². The Balaban J connectivity index is 1.88. The molecular formula is C20H14ClFO2. The quantitative estimate of drug-likeness (QED) is 0.476. The molecule has 2 nitrogen and oxygen atoms in total. The predicted octanol–water partition coefficient (Wildman–Crippen LogP) is 5.29. The number of esters is 1. The Hall–Kier alpha value is -2.65.